The molecule has 0 aliphatic rings. The highest BCUT2D eigenvalue weighted by Crippen LogP contribution is 2.26. The van der Waals surface area contributed by atoms with Gasteiger partial charge in [-0.3, -0.25) is 4.79 Å². The van der Waals surface area contributed by atoms with Gasteiger partial charge in [0, 0.05) is 44.8 Å². The standard InChI is InChI=1S/C24H27N3O6.C19H17N3O5/c1-27-20-7-4-16(21(30)3-2-10-31-11-8-28)13-19(20)25-23(27)15-24-26-18-6-5-17(32-12-9-29)14-22(18)33-24;1-22-15-5-2-11(19(24)25)8-14(15)20-17(22)10-18-21-13-4-3-12(26-7-6-23)9-16(13)27-18/h4-7,13-14,28-29H,2-3,8-12,15H2,1H3;2-5,8-9,23H,6-7,10H2,1H3,(H,24,25). The van der Waals surface area contributed by atoms with Gasteiger partial charge in [0.2, 0.25) is 11.8 Å². The molecule has 0 spiro atoms. The van der Waals surface area contributed by atoms with E-state index in [-0.39, 0.29) is 51.0 Å². The molecule has 60 heavy (non-hydrogen) atoms. The van der Waals surface area contributed by atoms with Crippen LogP contribution in [0.15, 0.2) is 81.6 Å². The second-order valence-electron chi connectivity index (χ2n) is 13.7. The number of carbonyl (C=O) groups excluding carboxylic acids is 1. The minimum absolute atomic E-state index is 0.0176. The number of fused-ring (bicyclic) bond motifs is 4. The predicted molar refractivity (Wildman–Crippen MR) is 219 cm³/mol. The quantitative estimate of drug-likeness (QED) is 0.0658. The molecule has 17 nitrogen and oxygen atoms in total. The Morgan fingerprint density at radius 3 is 1.60 bits per heavy atom. The number of aliphatic hydroxyl groups is 3. The van der Waals surface area contributed by atoms with Gasteiger partial charge in [0.15, 0.2) is 16.9 Å². The second kappa shape index (κ2) is 18.9. The van der Waals surface area contributed by atoms with Crippen molar-refractivity contribution in [1.82, 2.24) is 29.1 Å². The predicted octanol–water partition coefficient (Wildman–Crippen LogP) is 5.02. The molecule has 312 valence electrons. The van der Waals surface area contributed by atoms with Crippen LogP contribution in [0.25, 0.3) is 44.3 Å². The van der Waals surface area contributed by atoms with Crippen molar-refractivity contribution in [2.75, 3.05) is 46.2 Å². The molecular formula is C43H44N6O11. The van der Waals surface area contributed by atoms with Crippen molar-refractivity contribution < 1.29 is 53.1 Å². The molecule has 0 saturated carbocycles. The first-order valence-electron chi connectivity index (χ1n) is 19.3. The highest BCUT2D eigenvalue weighted by molar-refractivity contribution is 5.99. The lowest BCUT2D eigenvalue weighted by atomic mass is 10.1. The zero-order chi connectivity index (χ0) is 42.2. The van der Waals surface area contributed by atoms with Crippen LogP contribution in [0, 0.1) is 0 Å². The van der Waals surface area contributed by atoms with Crippen LogP contribution >= 0.6 is 0 Å². The van der Waals surface area contributed by atoms with Crippen LogP contribution in [-0.4, -0.2) is 107 Å². The molecule has 4 aromatic carbocycles. The van der Waals surface area contributed by atoms with Crippen LogP contribution in [0.3, 0.4) is 0 Å². The third-order valence-electron chi connectivity index (χ3n) is 9.59. The molecule has 0 aliphatic heterocycles. The molecule has 0 bridgehead atoms. The highest BCUT2D eigenvalue weighted by atomic mass is 16.5. The first-order chi connectivity index (χ1) is 29.1. The van der Waals surface area contributed by atoms with Gasteiger partial charge in [-0.05, 0) is 67.1 Å². The minimum Gasteiger partial charge on any atom is -0.491 e. The Hall–Kier alpha value is -6.66. The summed E-state index contributed by atoms with van der Waals surface area (Å²) in [5, 5.41) is 35.6. The van der Waals surface area contributed by atoms with E-state index >= 15 is 0 Å². The molecule has 0 amide bonds. The molecular weight excluding hydrogens is 777 g/mol. The smallest absolute Gasteiger partial charge is 0.335 e. The SMILES string of the molecule is Cn1c(Cc2nc3ccc(OCCO)cc3o2)nc2cc(C(=O)CCCOCCO)ccc21.Cn1c(Cc2nc3ccc(OCCO)cc3o2)nc2cc(C(=O)O)ccc21. The number of carboxylic acid groups (broad SMARTS) is 1. The molecule has 0 unspecified atom stereocenters. The summed E-state index contributed by atoms with van der Waals surface area (Å²) >= 11 is 0. The lowest BCUT2D eigenvalue weighted by molar-refractivity contribution is 0.0696. The van der Waals surface area contributed by atoms with Crippen LogP contribution < -0.4 is 9.47 Å². The molecule has 0 fully saturated rings. The van der Waals surface area contributed by atoms with Crippen molar-refractivity contribution in [2.24, 2.45) is 14.1 Å². The van der Waals surface area contributed by atoms with Crippen LogP contribution in [0.2, 0.25) is 0 Å². The number of rotatable bonds is 18. The Bertz CT molecular complexity index is 2770. The fourth-order valence-electron chi connectivity index (χ4n) is 6.60. The zero-order valence-electron chi connectivity index (χ0n) is 33.0. The molecule has 0 saturated heterocycles. The Morgan fingerprint density at radius 1 is 0.600 bits per heavy atom. The molecule has 17 heteroatoms. The summed E-state index contributed by atoms with van der Waals surface area (Å²) in [6.07, 6.45) is 1.76. The number of benzene rings is 4. The maximum Gasteiger partial charge on any atom is 0.335 e. The number of hydrogen-bond donors (Lipinski definition) is 4. The summed E-state index contributed by atoms with van der Waals surface area (Å²) in [4.78, 5) is 41.9. The number of Topliss-reactive ketones (excluding diaryl/α,β-unsaturated/α-hetero) is 1. The number of imidazole rings is 2. The van der Waals surface area contributed by atoms with Crippen molar-refractivity contribution >= 4 is 56.0 Å². The Balaban J connectivity index is 0.000000185. The summed E-state index contributed by atoms with van der Waals surface area (Å²) in [6.45, 7) is 1.03. The average molecular weight is 821 g/mol. The van der Waals surface area contributed by atoms with E-state index in [1.54, 1.807) is 48.5 Å². The first kappa shape index (κ1) is 41.5. The molecule has 0 atom stereocenters. The second-order valence-corrected chi connectivity index (χ2v) is 13.7. The van der Waals surface area contributed by atoms with Gasteiger partial charge in [-0.25, -0.2) is 24.7 Å². The molecule has 4 aromatic heterocycles. The van der Waals surface area contributed by atoms with Crippen molar-refractivity contribution in [3.8, 4) is 11.5 Å². The fraction of sp³-hybridized carbons (Fsp3) is 0.302. The van der Waals surface area contributed by atoms with Crippen LogP contribution in [0.1, 0.15) is 57.0 Å². The number of carboxylic acids is 1. The number of aromatic carboxylic acids is 1. The lowest BCUT2D eigenvalue weighted by Gasteiger charge is -2.03. The van der Waals surface area contributed by atoms with Crippen molar-refractivity contribution in [1.29, 1.82) is 0 Å². The van der Waals surface area contributed by atoms with Crippen molar-refractivity contribution in [3.05, 3.63) is 107 Å². The Morgan fingerprint density at radius 2 is 1.10 bits per heavy atom. The lowest BCUT2D eigenvalue weighted by Crippen LogP contribution is -2.04. The normalized spacial score (nSPS) is 11.4. The molecule has 4 heterocycles. The van der Waals surface area contributed by atoms with Crippen molar-refractivity contribution in [2.45, 2.75) is 25.7 Å². The van der Waals surface area contributed by atoms with Crippen LogP contribution in [0.4, 0.5) is 0 Å². The number of ketones is 1. The van der Waals surface area contributed by atoms with Crippen molar-refractivity contribution in [3.63, 3.8) is 0 Å². The molecule has 0 aliphatic carbocycles. The summed E-state index contributed by atoms with van der Waals surface area (Å²) < 4.78 is 31.6. The molecule has 0 radical (unpaired) electrons. The number of aryl methyl sites for hydroxylation is 2. The van der Waals surface area contributed by atoms with E-state index in [9.17, 15) is 9.59 Å². The maximum absolute atomic E-state index is 12.5. The van der Waals surface area contributed by atoms with E-state index < -0.39 is 5.97 Å². The first-order valence-corrected chi connectivity index (χ1v) is 19.3. The summed E-state index contributed by atoms with van der Waals surface area (Å²) in [7, 11) is 3.79. The third-order valence-corrected chi connectivity index (χ3v) is 9.59. The molecule has 8 aromatic rings. The zero-order valence-corrected chi connectivity index (χ0v) is 33.0. The number of aliphatic hydroxyl groups excluding tert-OH is 3. The van der Waals surface area contributed by atoms with Gasteiger partial charge in [0.1, 0.15) is 47.4 Å². The van der Waals surface area contributed by atoms with Crippen LogP contribution in [-0.2, 0) is 31.7 Å². The van der Waals surface area contributed by atoms with E-state index in [2.05, 4.69) is 15.0 Å². The largest absolute Gasteiger partial charge is 0.491 e. The number of aromatic nitrogens is 6. The fourth-order valence-corrected chi connectivity index (χ4v) is 6.60. The van der Waals surface area contributed by atoms with Gasteiger partial charge in [-0.2, -0.15) is 0 Å². The summed E-state index contributed by atoms with van der Waals surface area (Å²) in [5.41, 5.74) is 6.55. The number of oxazole rings is 2. The minimum atomic E-state index is -0.984. The van der Waals surface area contributed by atoms with E-state index in [1.165, 1.54) is 0 Å². The average Bonchev–Trinajstić information content (AvgIpc) is 4.01. The van der Waals surface area contributed by atoms with E-state index in [0.29, 0.717) is 83.3 Å². The summed E-state index contributed by atoms with van der Waals surface area (Å²) in [5.74, 6) is 2.79. The monoisotopic (exact) mass is 820 g/mol. The Kier molecular flexibility index (Phi) is 13.1. The van der Waals surface area contributed by atoms with Gasteiger partial charge in [-0.15, -0.1) is 0 Å². The Labute approximate surface area is 342 Å². The third kappa shape index (κ3) is 9.61. The number of ether oxygens (including phenoxy) is 3. The topological polar surface area (TPSA) is 230 Å². The highest BCUT2D eigenvalue weighted by Gasteiger charge is 2.17. The van der Waals surface area contributed by atoms with E-state index in [1.807, 2.05) is 47.5 Å². The van der Waals surface area contributed by atoms with Gasteiger partial charge in [0.25, 0.3) is 0 Å². The molecule has 8 rings (SSSR count). The number of hydrogen-bond acceptors (Lipinski definition) is 14. The van der Waals surface area contributed by atoms with Crippen LogP contribution in [0.5, 0.6) is 11.5 Å². The number of carbonyl (C=O) groups is 2. The summed E-state index contributed by atoms with van der Waals surface area (Å²) in [6, 6.07) is 21.0. The maximum atomic E-state index is 12.5. The number of nitrogens with zero attached hydrogens (tertiary/aromatic N) is 6. The van der Waals surface area contributed by atoms with E-state index in [4.69, 9.17) is 48.5 Å². The van der Waals surface area contributed by atoms with Gasteiger partial charge in [-0.1, -0.05) is 0 Å². The molecule has 4 N–H and O–H groups in total. The van der Waals surface area contributed by atoms with E-state index in [0.717, 1.165) is 33.7 Å². The van der Waals surface area contributed by atoms with Gasteiger partial charge in [0.05, 0.1) is 66.9 Å². The van der Waals surface area contributed by atoms with Gasteiger partial charge < -0.3 is 52.6 Å². The van der Waals surface area contributed by atoms with Gasteiger partial charge >= 0.3 is 5.97 Å².